The fourth-order valence-electron chi connectivity index (χ4n) is 3.43. The van der Waals surface area contributed by atoms with Crippen molar-refractivity contribution in [3.63, 3.8) is 0 Å². The fourth-order valence-corrected chi connectivity index (χ4v) is 4.51. The number of carbonyl (C=O) groups excluding carboxylic acids is 1. The second-order valence-corrected chi connectivity index (χ2v) is 10.6. The summed E-state index contributed by atoms with van der Waals surface area (Å²) in [5.74, 6) is 0.786. The van der Waals surface area contributed by atoms with Crippen LogP contribution in [0.4, 0.5) is 10.6 Å². The minimum Gasteiger partial charge on any atom is -0.491 e. The number of rotatable bonds is 5. The van der Waals surface area contributed by atoms with Crippen molar-refractivity contribution in [3.8, 4) is 16.2 Å². The van der Waals surface area contributed by atoms with Crippen molar-refractivity contribution in [3.05, 3.63) is 42.6 Å². The van der Waals surface area contributed by atoms with Gasteiger partial charge in [0.15, 0.2) is 5.79 Å². The first kappa shape index (κ1) is 23.5. The van der Waals surface area contributed by atoms with E-state index in [1.165, 1.54) is 4.90 Å². The van der Waals surface area contributed by atoms with Crippen LogP contribution < -0.4 is 9.64 Å². The van der Waals surface area contributed by atoms with Gasteiger partial charge in [-0.3, -0.25) is 4.90 Å². The van der Waals surface area contributed by atoms with Crippen LogP contribution in [0.2, 0.25) is 0 Å². The Kier molecular flexibility index (Phi) is 6.35. The first-order valence-corrected chi connectivity index (χ1v) is 11.7. The van der Waals surface area contributed by atoms with E-state index in [1.807, 2.05) is 58.9 Å². The van der Waals surface area contributed by atoms with E-state index < -0.39 is 17.5 Å². The van der Waals surface area contributed by atoms with Crippen molar-refractivity contribution in [1.29, 1.82) is 0 Å². The molecule has 0 radical (unpaired) electrons. The van der Waals surface area contributed by atoms with Gasteiger partial charge in [0.05, 0.1) is 6.61 Å². The average Bonchev–Trinajstić information content (AvgIpc) is 3.32. The molecule has 1 aromatic carbocycles. The summed E-state index contributed by atoms with van der Waals surface area (Å²) >= 11 is 1.67. The van der Waals surface area contributed by atoms with E-state index >= 15 is 0 Å². The number of hydrogen-bond acceptors (Lipinski definition) is 7. The Morgan fingerprint density at radius 2 is 2.03 bits per heavy atom. The molecule has 3 heterocycles. The molecule has 1 amide bonds. The monoisotopic (exact) mass is 470 g/mol. The molecule has 1 aliphatic rings. The van der Waals surface area contributed by atoms with Gasteiger partial charge >= 0.3 is 6.09 Å². The second kappa shape index (κ2) is 8.93. The summed E-state index contributed by atoms with van der Waals surface area (Å²) in [5, 5.41) is 1.14. The minimum atomic E-state index is -0.556. The zero-order valence-electron chi connectivity index (χ0n) is 19.9. The molecule has 1 saturated heterocycles. The zero-order chi connectivity index (χ0) is 23.8. The van der Waals surface area contributed by atoms with Gasteiger partial charge in [0.25, 0.3) is 0 Å². The Balaban J connectivity index is 1.43. The van der Waals surface area contributed by atoms with E-state index in [9.17, 15) is 4.79 Å². The summed E-state index contributed by atoms with van der Waals surface area (Å²) in [4.78, 5) is 19.2. The smallest absolute Gasteiger partial charge is 0.415 e. The van der Waals surface area contributed by atoms with Crippen LogP contribution in [0.15, 0.2) is 42.6 Å². The number of ether oxygens (including phenoxy) is 4. The number of thiophene rings is 1. The molecule has 0 saturated carbocycles. The summed E-state index contributed by atoms with van der Waals surface area (Å²) in [5.41, 5.74) is 0.429. The van der Waals surface area contributed by atoms with E-state index in [1.54, 1.807) is 24.6 Å². The zero-order valence-corrected chi connectivity index (χ0v) is 20.7. The SMILES string of the molecule is CN(C(=O)OC(C)(C)C)c1ccc(-c2cc3ccc(OC[C@@H]4COC(C)(C)O4)cc3s2)cn1. The third kappa shape index (κ3) is 5.82. The molecule has 3 aromatic rings. The molecular formula is C25H30N2O5S. The molecule has 0 bridgehead atoms. The first-order chi connectivity index (χ1) is 15.5. The molecule has 7 nitrogen and oxygen atoms in total. The van der Waals surface area contributed by atoms with Gasteiger partial charge in [-0.25, -0.2) is 9.78 Å². The van der Waals surface area contributed by atoms with Crippen LogP contribution in [-0.2, 0) is 14.2 Å². The van der Waals surface area contributed by atoms with Crippen molar-refractivity contribution < 1.29 is 23.7 Å². The standard InChI is InChI=1S/C25H30N2O5S/c1-24(2,3)32-23(28)27(6)22-10-8-17(13-26-22)20-11-16-7-9-18(12-21(16)33-20)29-14-19-15-30-25(4,5)31-19/h7-13,19H,14-15H2,1-6H3/t19-/m1/s1. The molecule has 1 aliphatic heterocycles. The largest absolute Gasteiger partial charge is 0.491 e. The predicted octanol–water partition coefficient (Wildman–Crippen LogP) is 5.86. The Labute approximate surface area is 198 Å². The Hall–Kier alpha value is -2.68. The normalized spacial score (nSPS) is 17.8. The molecule has 1 atom stereocenters. The van der Waals surface area contributed by atoms with Crippen LogP contribution >= 0.6 is 11.3 Å². The number of amides is 1. The average molecular weight is 471 g/mol. The lowest BCUT2D eigenvalue weighted by molar-refractivity contribution is -0.141. The lowest BCUT2D eigenvalue weighted by Crippen LogP contribution is -2.34. The molecule has 8 heteroatoms. The Morgan fingerprint density at radius 1 is 1.24 bits per heavy atom. The number of carbonyl (C=O) groups is 1. The van der Waals surface area contributed by atoms with Crippen LogP contribution in [0.3, 0.4) is 0 Å². The number of nitrogens with zero attached hydrogens (tertiary/aromatic N) is 2. The summed E-state index contributed by atoms with van der Waals surface area (Å²) in [6.07, 6.45) is 1.27. The number of anilines is 1. The highest BCUT2D eigenvalue weighted by molar-refractivity contribution is 7.22. The van der Waals surface area contributed by atoms with Gasteiger partial charge in [-0.1, -0.05) is 0 Å². The maximum absolute atomic E-state index is 12.3. The summed E-state index contributed by atoms with van der Waals surface area (Å²) < 4.78 is 23.9. The Morgan fingerprint density at radius 3 is 2.67 bits per heavy atom. The van der Waals surface area contributed by atoms with Crippen molar-refractivity contribution >= 4 is 33.3 Å². The van der Waals surface area contributed by atoms with Crippen LogP contribution in [0.1, 0.15) is 34.6 Å². The lowest BCUT2D eigenvalue weighted by Gasteiger charge is -2.24. The molecule has 2 aromatic heterocycles. The van der Waals surface area contributed by atoms with Crippen molar-refractivity contribution in [1.82, 2.24) is 4.98 Å². The predicted molar refractivity (Wildman–Crippen MR) is 130 cm³/mol. The van der Waals surface area contributed by atoms with Crippen LogP contribution in [0.25, 0.3) is 20.5 Å². The van der Waals surface area contributed by atoms with Crippen LogP contribution in [0, 0.1) is 0 Å². The molecule has 1 fully saturated rings. The van der Waals surface area contributed by atoms with Gasteiger partial charge in [0, 0.05) is 28.4 Å². The molecule has 176 valence electrons. The van der Waals surface area contributed by atoms with Gasteiger partial charge in [-0.2, -0.15) is 0 Å². The van der Waals surface area contributed by atoms with Gasteiger partial charge < -0.3 is 18.9 Å². The van der Waals surface area contributed by atoms with E-state index in [-0.39, 0.29) is 6.10 Å². The molecular weight excluding hydrogens is 440 g/mol. The van der Waals surface area contributed by atoms with Crippen molar-refractivity contribution in [2.24, 2.45) is 0 Å². The topological polar surface area (TPSA) is 70.1 Å². The second-order valence-electron chi connectivity index (χ2n) is 9.52. The number of benzene rings is 1. The lowest BCUT2D eigenvalue weighted by atomic mass is 10.2. The number of fused-ring (bicyclic) bond motifs is 1. The minimum absolute atomic E-state index is 0.0713. The maximum Gasteiger partial charge on any atom is 0.415 e. The van der Waals surface area contributed by atoms with E-state index in [0.29, 0.717) is 19.0 Å². The molecule has 33 heavy (non-hydrogen) atoms. The summed E-state index contributed by atoms with van der Waals surface area (Å²) in [7, 11) is 1.65. The molecule has 4 rings (SSSR count). The van der Waals surface area contributed by atoms with E-state index in [4.69, 9.17) is 18.9 Å². The molecule has 0 spiro atoms. The molecule has 0 unspecified atom stereocenters. The third-order valence-electron chi connectivity index (χ3n) is 5.04. The van der Waals surface area contributed by atoms with Gasteiger partial charge in [0.2, 0.25) is 0 Å². The van der Waals surface area contributed by atoms with Gasteiger partial charge in [-0.05, 0) is 76.4 Å². The number of pyridine rings is 1. The van der Waals surface area contributed by atoms with Crippen molar-refractivity contribution in [2.45, 2.75) is 52.1 Å². The number of aromatic nitrogens is 1. The maximum atomic E-state index is 12.3. The quantitative estimate of drug-likeness (QED) is 0.465. The highest BCUT2D eigenvalue weighted by Crippen LogP contribution is 2.36. The molecule has 0 aliphatic carbocycles. The fraction of sp³-hybridized carbons (Fsp3) is 0.440. The van der Waals surface area contributed by atoms with Crippen molar-refractivity contribution in [2.75, 3.05) is 25.2 Å². The highest BCUT2D eigenvalue weighted by atomic mass is 32.1. The number of hydrogen-bond donors (Lipinski definition) is 0. The Bertz CT molecular complexity index is 1130. The highest BCUT2D eigenvalue weighted by Gasteiger charge is 2.33. The van der Waals surface area contributed by atoms with Crippen LogP contribution in [0.5, 0.6) is 5.75 Å². The summed E-state index contributed by atoms with van der Waals surface area (Å²) in [6.45, 7) is 10.3. The molecule has 0 N–H and O–H groups in total. The first-order valence-electron chi connectivity index (χ1n) is 10.9. The third-order valence-corrected chi connectivity index (χ3v) is 6.19. The van der Waals surface area contributed by atoms with E-state index in [2.05, 4.69) is 17.1 Å². The van der Waals surface area contributed by atoms with Crippen LogP contribution in [-0.4, -0.2) is 48.8 Å². The van der Waals surface area contributed by atoms with Gasteiger partial charge in [-0.15, -0.1) is 11.3 Å². The van der Waals surface area contributed by atoms with Gasteiger partial charge in [0.1, 0.15) is 29.9 Å². The summed E-state index contributed by atoms with van der Waals surface area (Å²) in [6, 6.07) is 12.0. The van der Waals surface area contributed by atoms with E-state index in [0.717, 1.165) is 26.3 Å².